The first-order valence-corrected chi connectivity index (χ1v) is 9.63. The van der Waals surface area contributed by atoms with Gasteiger partial charge >= 0.3 is 6.18 Å². The lowest BCUT2D eigenvalue weighted by molar-refractivity contribution is -0.137. The minimum absolute atomic E-state index is 0.107. The molecule has 2 heterocycles. The maximum atomic E-state index is 12.7. The van der Waals surface area contributed by atoms with Crippen LogP contribution in [-0.4, -0.2) is 42.0 Å². The summed E-state index contributed by atoms with van der Waals surface area (Å²) >= 11 is 6.11. The number of halogens is 4. The highest BCUT2D eigenvalue weighted by Gasteiger charge is 2.31. The largest absolute Gasteiger partial charge is 0.417 e. The van der Waals surface area contributed by atoms with E-state index >= 15 is 0 Å². The van der Waals surface area contributed by atoms with Crippen LogP contribution in [0.4, 0.5) is 19.0 Å². The lowest BCUT2D eigenvalue weighted by Gasteiger charge is -2.22. The Morgan fingerprint density at radius 2 is 1.93 bits per heavy atom. The SMILES string of the molecule is Cc1ccc(/C=C/C(=O)N2CCCN(c3ccc(C(F)(F)F)cn3)CC2)cc1Cl. The quantitative estimate of drug-likeness (QED) is 0.664. The molecule has 0 saturated carbocycles. The van der Waals surface area contributed by atoms with Crippen LogP contribution in [0.25, 0.3) is 6.08 Å². The molecule has 0 N–H and O–H groups in total. The predicted octanol–water partition coefficient (Wildman–Crippen LogP) is 4.81. The molecule has 1 aromatic heterocycles. The first kappa shape index (κ1) is 21.2. The molecule has 0 bridgehead atoms. The summed E-state index contributed by atoms with van der Waals surface area (Å²) in [7, 11) is 0. The third-order valence-corrected chi connectivity index (χ3v) is 5.23. The van der Waals surface area contributed by atoms with Crippen molar-refractivity contribution in [3.05, 3.63) is 64.3 Å². The van der Waals surface area contributed by atoms with Crippen LogP contribution in [0, 0.1) is 6.92 Å². The number of hydrogen-bond donors (Lipinski definition) is 0. The summed E-state index contributed by atoms with van der Waals surface area (Å²) in [6.45, 7) is 4.10. The number of amides is 1. The maximum absolute atomic E-state index is 12.7. The molecule has 0 spiro atoms. The summed E-state index contributed by atoms with van der Waals surface area (Å²) in [5, 5.41) is 0.647. The Kier molecular flexibility index (Phi) is 6.47. The number of anilines is 1. The van der Waals surface area contributed by atoms with Crippen molar-refractivity contribution in [2.45, 2.75) is 19.5 Å². The third-order valence-electron chi connectivity index (χ3n) is 4.82. The summed E-state index contributed by atoms with van der Waals surface area (Å²) < 4.78 is 38.1. The number of alkyl halides is 3. The Morgan fingerprint density at radius 1 is 1.14 bits per heavy atom. The number of aryl methyl sites for hydroxylation is 1. The molecule has 3 rings (SSSR count). The summed E-state index contributed by atoms with van der Waals surface area (Å²) in [4.78, 5) is 20.1. The van der Waals surface area contributed by atoms with Crippen LogP contribution < -0.4 is 4.90 Å². The van der Waals surface area contributed by atoms with Gasteiger partial charge in [-0.2, -0.15) is 13.2 Å². The van der Waals surface area contributed by atoms with Gasteiger partial charge in [-0.25, -0.2) is 4.98 Å². The first-order chi connectivity index (χ1) is 13.7. The molecule has 0 radical (unpaired) electrons. The molecule has 1 amide bonds. The molecule has 1 aromatic carbocycles. The van der Waals surface area contributed by atoms with Crippen LogP contribution in [-0.2, 0) is 11.0 Å². The Morgan fingerprint density at radius 3 is 2.59 bits per heavy atom. The molecule has 4 nitrogen and oxygen atoms in total. The minimum atomic E-state index is -4.40. The Hall–Kier alpha value is -2.54. The van der Waals surface area contributed by atoms with Crippen LogP contribution >= 0.6 is 11.6 Å². The molecule has 1 fully saturated rings. The van der Waals surface area contributed by atoms with Gasteiger partial charge in [0.15, 0.2) is 0 Å². The van der Waals surface area contributed by atoms with Crippen LogP contribution in [0.15, 0.2) is 42.6 Å². The summed E-state index contributed by atoms with van der Waals surface area (Å²) in [6, 6.07) is 8.01. The second-order valence-corrected chi connectivity index (χ2v) is 7.32. The Balaban J connectivity index is 1.61. The van der Waals surface area contributed by atoms with Crippen molar-refractivity contribution in [3.8, 4) is 0 Å². The Labute approximate surface area is 172 Å². The molecule has 1 saturated heterocycles. The normalized spacial score (nSPS) is 15.6. The van der Waals surface area contributed by atoms with Gasteiger partial charge in [-0.05, 0) is 48.7 Å². The highest BCUT2D eigenvalue weighted by atomic mass is 35.5. The van der Waals surface area contributed by atoms with Crippen molar-refractivity contribution >= 4 is 29.4 Å². The molecular weight excluding hydrogens is 403 g/mol. The number of carbonyl (C=O) groups is 1. The highest BCUT2D eigenvalue weighted by molar-refractivity contribution is 6.31. The second-order valence-electron chi connectivity index (χ2n) is 6.91. The maximum Gasteiger partial charge on any atom is 0.417 e. The zero-order valence-corrected chi connectivity index (χ0v) is 16.7. The van der Waals surface area contributed by atoms with Crippen molar-refractivity contribution in [1.29, 1.82) is 0 Å². The van der Waals surface area contributed by atoms with Gasteiger partial charge in [0.25, 0.3) is 0 Å². The summed E-state index contributed by atoms with van der Waals surface area (Å²) in [5.74, 6) is 0.376. The van der Waals surface area contributed by atoms with E-state index in [0.717, 1.165) is 23.4 Å². The smallest absolute Gasteiger partial charge is 0.355 e. The van der Waals surface area contributed by atoms with Crippen molar-refractivity contribution in [2.24, 2.45) is 0 Å². The standard InChI is InChI=1S/C21H21ClF3N3O/c1-15-3-4-16(13-18(15)22)5-8-20(29)28-10-2-9-27(11-12-28)19-7-6-17(14-26-19)21(23,24)25/h3-8,13-14H,2,9-12H2,1H3/b8-5+. The molecular formula is C21H21ClF3N3O. The zero-order chi connectivity index (χ0) is 21.0. The Bertz CT molecular complexity index is 897. The molecule has 2 aromatic rings. The topological polar surface area (TPSA) is 36.4 Å². The van der Waals surface area contributed by atoms with E-state index in [9.17, 15) is 18.0 Å². The fourth-order valence-corrected chi connectivity index (χ4v) is 3.28. The number of nitrogens with zero attached hydrogens (tertiary/aromatic N) is 3. The van der Waals surface area contributed by atoms with E-state index in [0.29, 0.717) is 43.4 Å². The number of pyridine rings is 1. The monoisotopic (exact) mass is 423 g/mol. The number of rotatable bonds is 3. The van der Waals surface area contributed by atoms with Gasteiger partial charge < -0.3 is 9.80 Å². The zero-order valence-electron chi connectivity index (χ0n) is 15.9. The van der Waals surface area contributed by atoms with Crippen molar-refractivity contribution in [1.82, 2.24) is 9.88 Å². The van der Waals surface area contributed by atoms with Gasteiger partial charge in [0, 0.05) is 43.5 Å². The van der Waals surface area contributed by atoms with E-state index < -0.39 is 11.7 Å². The summed E-state index contributed by atoms with van der Waals surface area (Å²) in [5.41, 5.74) is 1.05. The number of aromatic nitrogens is 1. The van der Waals surface area contributed by atoms with Crippen molar-refractivity contribution in [2.75, 3.05) is 31.1 Å². The van der Waals surface area contributed by atoms with Crippen LogP contribution in [0.1, 0.15) is 23.1 Å². The second kappa shape index (κ2) is 8.86. The predicted molar refractivity (Wildman–Crippen MR) is 108 cm³/mol. The van der Waals surface area contributed by atoms with Gasteiger partial charge in [-0.1, -0.05) is 23.7 Å². The van der Waals surface area contributed by atoms with E-state index in [4.69, 9.17) is 11.6 Å². The van der Waals surface area contributed by atoms with Gasteiger partial charge in [-0.15, -0.1) is 0 Å². The molecule has 0 aliphatic carbocycles. The molecule has 154 valence electrons. The molecule has 1 aliphatic heterocycles. The lowest BCUT2D eigenvalue weighted by Crippen LogP contribution is -2.34. The van der Waals surface area contributed by atoms with Gasteiger partial charge in [0.05, 0.1) is 5.56 Å². The van der Waals surface area contributed by atoms with Crippen LogP contribution in [0.5, 0.6) is 0 Å². The van der Waals surface area contributed by atoms with E-state index in [1.165, 1.54) is 12.1 Å². The molecule has 0 atom stereocenters. The molecule has 29 heavy (non-hydrogen) atoms. The summed E-state index contributed by atoms with van der Waals surface area (Å²) in [6.07, 6.45) is 0.402. The van der Waals surface area contributed by atoms with Crippen LogP contribution in [0.2, 0.25) is 5.02 Å². The third kappa shape index (κ3) is 5.50. The molecule has 1 aliphatic rings. The van der Waals surface area contributed by atoms with Crippen molar-refractivity contribution < 1.29 is 18.0 Å². The van der Waals surface area contributed by atoms with E-state index in [1.54, 1.807) is 17.0 Å². The van der Waals surface area contributed by atoms with Gasteiger partial charge in [-0.3, -0.25) is 4.79 Å². The van der Waals surface area contributed by atoms with E-state index in [1.807, 2.05) is 24.0 Å². The highest BCUT2D eigenvalue weighted by Crippen LogP contribution is 2.29. The van der Waals surface area contributed by atoms with Gasteiger partial charge in [0.2, 0.25) is 5.91 Å². The van der Waals surface area contributed by atoms with Gasteiger partial charge in [0.1, 0.15) is 5.82 Å². The fourth-order valence-electron chi connectivity index (χ4n) is 3.09. The molecule has 0 unspecified atom stereocenters. The number of carbonyl (C=O) groups excluding carboxylic acids is 1. The first-order valence-electron chi connectivity index (χ1n) is 9.25. The lowest BCUT2D eigenvalue weighted by atomic mass is 10.1. The van der Waals surface area contributed by atoms with E-state index in [-0.39, 0.29) is 5.91 Å². The average molecular weight is 424 g/mol. The van der Waals surface area contributed by atoms with Crippen LogP contribution in [0.3, 0.4) is 0 Å². The van der Waals surface area contributed by atoms with Crippen molar-refractivity contribution in [3.63, 3.8) is 0 Å². The average Bonchev–Trinajstić information content (AvgIpc) is 2.94. The number of benzene rings is 1. The fraction of sp³-hybridized carbons (Fsp3) is 0.333. The number of hydrogen-bond acceptors (Lipinski definition) is 3. The molecule has 8 heteroatoms. The van der Waals surface area contributed by atoms with E-state index in [2.05, 4.69) is 4.98 Å². The minimum Gasteiger partial charge on any atom is -0.355 e.